The zero-order valence-electron chi connectivity index (χ0n) is 10.5. The molecule has 20 heavy (non-hydrogen) atoms. The van der Waals surface area contributed by atoms with Crippen LogP contribution >= 0.6 is 0 Å². The van der Waals surface area contributed by atoms with Gasteiger partial charge in [0.2, 0.25) is 0 Å². The summed E-state index contributed by atoms with van der Waals surface area (Å²) in [6, 6.07) is 4.62. The molecule has 0 spiro atoms. The monoisotopic (exact) mass is 289 g/mol. The fraction of sp³-hybridized carbons (Fsp3) is 0.417. The van der Waals surface area contributed by atoms with E-state index in [9.17, 15) is 18.0 Å². The lowest BCUT2D eigenvalue weighted by Gasteiger charge is -2.17. The third-order valence-electron chi connectivity index (χ3n) is 2.85. The normalized spacial score (nSPS) is 19.0. The highest BCUT2D eigenvalue weighted by Gasteiger charge is 2.31. The molecule has 0 saturated carbocycles. The Hall–Kier alpha value is -1.96. The number of alkyl halides is 3. The fourth-order valence-corrected chi connectivity index (χ4v) is 1.91. The smallest absolute Gasteiger partial charge is 0.406 e. The van der Waals surface area contributed by atoms with Crippen molar-refractivity contribution >= 4 is 11.7 Å². The molecule has 0 unspecified atom stereocenters. The molecule has 1 heterocycles. The summed E-state index contributed by atoms with van der Waals surface area (Å²) >= 11 is 0. The highest BCUT2D eigenvalue weighted by molar-refractivity contribution is 5.89. The summed E-state index contributed by atoms with van der Waals surface area (Å²) in [5.41, 5.74) is 6.08. The quantitative estimate of drug-likeness (QED) is 0.876. The topological polar surface area (TPSA) is 67.6 Å². The molecule has 1 aromatic rings. The number of urea groups is 1. The van der Waals surface area contributed by atoms with Gasteiger partial charge in [-0.3, -0.25) is 0 Å². The van der Waals surface area contributed by atoms with Gasteiger partial charge >= 0.3 is 12.4 Å². The first-order chi connectivity index (χ1) is 9.33. The van der Waals surface area contributed by atoms with Gasteiger partial charge in [0.15, 0.2) is 0 Å². The highest BCUT2D eigenvalue weighted by atomic mass is 19.4. The molecule has 1 aromatic carbocycles. The van der Waals surface area contributed by atoms with Crippen LogP contribution in [0.4, 0.5) is 23.7 Å². The number of carbonyl (C=O) groups excluding carboxylic acids is 1. The number of nitrogens with two attached hydrogens (primary N) is 1. The molecule has 0 bridgehead atoms. The van der Waals surface area contributed by atoms with Crippen molar-refractivity contribution in [2.75, 3.05) is 18.4 Å². The number of carbonyl (C=O) groups is 1. The Morgan fingerprint density at radius 3 is 2.50 bits per heavy atom. The predicted octanol–water partition coefficient (Wildman–Crippen LogP) is 2.15. The van der Waals surface area contributed by atoms with Crippen molar-refractivity contribution in [3.63, 3.8) is 0 Å². The molecular weight excluding hydrogens is 275 g/mol. The standard InChI is InChI=1S/C12H14F3N3O2/c13-12(14,15)20-10-3-1-9(2-4-10)17-11(19)18-6-5-8(16)7-18/h1-4,8H,5-7,16H2,(H,17,19)/t8-/m1/s1. The van der Waals surface area contributed by atoms with Gasteiger partial charge in [-0.15, -0.1) is 13.2 Å². The molecule has 110 valence electrons. The second kappa shape index (κ2) is 5.58. The van der Waals surface area contributed by atoms with Crippen LogP contribution in [0.5, 0.6) is 5.75 Å². The second-order valence-electron chi connectivity index (χ2n) is 4.50. The number of halogens is 3. The lowest BCUT2D eigenvalue weighted by Crippen LogP contribution is -2.35. The SMILES string of the molecule is N[C@@H]1CCN(C(=O)Nc2ccc(OC(F)(F)F)cc2)C1. The van der Waals surface area contributed by atoms with E-state index in [2.05, 4.69) is 10.1 Å². The lowest BCUT2D eigenvalue weighted by molar-refractivity contribution is -0.274. The summed E-state index contributed by atoms with van der Waals surface area (Å²) in [5, 5.41) is 2.59. The molecule has 1 fully saturated rings. The Morgan fingerprint density at radius 2 is 2.00 bits per heavy atom. The van der Waals surface area contributed by atoms with Gasteiger partial charge < -0.3 is 20.7 Å². The number of likely N-dealkylation sites (tertiary alicyclic amines) is 1. The molecule has 1 aliphatic rings. The summed E-state index contributed by atoms with van der Waals surface area (Å²) in [5.74, 6) is -0.335. The Balaban J connectivity index is 1.92. The number of hydrogen-bond acceptors (Lipinski definition) is 3. The molecule has 3 N–H and O–H groups in total. The van der Waals surface area contributed by atoms with Gasteiger partial charge in [0.05, 0.1) is 0 Å². The van der Waals surface area contributed by atoms with Gasteiger partial charge in [0.25, 0.3) is 0 Å². The van der Waals surface area contributed by atoms with Crippen LogP contribution in [0.15, 0.2) is 24.3 Å². The minimum absolute atomic E-state index is 0.0247. The largest absolute Gasteiger partial charge is 0.573 e. The van der Waals surface area contributed by atoms with Crippen LogP contribution in [0.3, 0.4) is 0 Å². The van der Waals surface area contributed by atoms with Crippen molar-refractivity contribution < 1.29 is 22.7 Å². The summed E-state index contributed by atoms with van der Waals surface area (Å²) in [6.07, 6.45) is -3.98. The van der Waals surface area contributed by atoms with Gasteiger partial charge in [0.1, 0.15) is 5.75 Å². The van der Waals surface area contributed by atoms with Gasteiger partial charge in [-0.25, -0.2) is 4.79 Å². The first-order valence-corrected chi connectivity index (χ1v) is 6.01. The minimum Gasteiger partial charge on any atom is -0.406 e. The van der Waals surface area contributed by atoms with E-state index in [0.717, 1.165) is 18.6 Å². The maximum Gasteiger partial charge on any atom is 0.573 e. The molecule has 0 aliphatic carbocycles. The van der Waals surface area contributed by atoms with Crippen LogP contribution < -0.4 is 15.8 Å². The Kier molecular flexibility index (Phi) is 4.03. The average molecular weight is 289 g/mol. The van der Waals surface area contributed by atoms with E-state index in [1.165, 1.54) is 12.1 Å². The first-order valence-electron chi connectivity index (χ1n) is 6.01. The Labute approximate surface area is 113 Å². The molecule has 1 atom stereocenters. The number of nitrogens with one attached hydrogen (secondary N) is 1. The van der Waals surface area contributed by atoms with E-state index in [-0.39, 0.29) is 17.8 Å². The van der Waals surface area contributed by atoms with E-state index in [0.29, 0.717) is 18.8 Å². The molecule has 0 radical (unpaired) electrons. The Morgan fingerprint density at radius 1 is 1.35 bits per heavy atom. The van der Waals surface area contributed by atoms with Gasteiger partial charge in [-0.2, -0.15) is 0 Å². The summed E-state index contributed by atoms with van der Waals surface area (Å²) < 4.78 is 39.7. The molecule has 8 heteroatoms. The van der Waals surface area contributed by atoms with E-state index in [4.69, 9.17) is 5.73 Å². The van der Waals surface area contributed by atoms with Crippen molar-refractivity contribution in [1.82, 2.24) is 4.90 Å². The van der Waals surface area contributed by atoms with Gasteiger partial charge in [-0.1, -0.05) is 0 Å². The van der Waals surface area contributed by atoms with Crippen molar-refractivity contribution in [3.05, 3.63) is 24.3 Å². The van der Waals surface area contributed by atoms with E-state index < -0.39 is 6.36 Å². The summed E-state index contributed by atoms with van der Waals surface area (Å²) in [6.45, 7) is 1.05. The third-order valence-corrected chi connectivity index (χ3v) is 2.85. The van der Waals surface area contributed by atoms with Crippen molar-refractivity contribution in [2.45, 2.75) is 18.8 Å². The van der Waals surface area contributed by atoms with E-state index in [1.807, 2.05) is 0 Å². The number of anilines is 1. The van der Waals surface area contributed by atoms with Crippen LogP contribution in [0, 0.1) is 0 Å². The van der Waals surface area contributed by atoms with Crippen LogP contribution in [0.25, 0.3) is 0 Å². The van der Waals surface area contributed by atoms with Gasteiger partial charge in [-0.05, 0) is 30.7 Å². The van der Waals surface area contributed by atoms with E-state index >= 15 is 0 Å². The van der Waals surface area contributed by atoms with Crippen LogP contribution in [0.2, 0.25) is 0 Å². The van der Waals surface area contributed by atoms with Crippen LogP contribution in [-0.4, -0.2) is 36.4 Å². The van der Waals surface area contributed by atoms with Crippen LogP contribution in [0.1, 0.15) is 6.42 Å². The molecule has 2 amide bonds. The number of rotatable bonds is 2. The molecule has 2 rings (SSSR count). The molecule has 5 nitrogen and oxygen atoms in total. The Bertz CT molecular complexity index is 476. The zero-order valence-corrected chi connectivity index (χ0v) is 10.5. The number of benzene rings is 1. The zero-order chi connectivity index (χ0) is 14.8. The van der Waals surface area contributed by atoms with Crippen molar-refractivity contribution in [2.24, 2.45) is 5.73 Å². The van der Waals surface area contributed by atoms with Gasteiger partial charge in [0, 0.05) is 24.8 Å². The average Bonchev–Trinajstić information content (AvgIpc) is 2.77. The predicted molar refractivity (Wildman–Crippen MR) is 66.3 cm³/mol. The third kappa shape index (κ3) is 4.02. The first kappa shape index (κ1) is 14.4. The van der Waals surface area contributed by atoms with Crippen molar-refractivity contribution in [1.29, 1.82) is 0 Å². The maximum atomic E-state index is 12.0. The number of hydrogen-bond donors (Lipinski definition) is 2. The summed E-state index contributed by atoms with van der Waals surface area (Å²) in [7, 11) is 0. The summed E-state index contributed by atoms with van der Waals surface area (Å²) in [4.78, 5) is 13.4. The van der Waals surface area contributed by atoms with E-state index in [1.54, 1.807) is 4.90 Å². The highest BCUT2D eigenvalue weighted by Crippen LogP contribution is 2.24. The maximum absolute atomic E-state index is 12.0. The number of nitrogens with zero attached hydrogens (tertiary/aromatic N) is 1. The molecule has 1 saturated heterocycles. The lowest BCUT2D eigenvalue weighted by atomic mass is 10.3. The number of ether oxygens (including phenoxy) is 1. The second-order valence-corrected chi connectivity index (χ2v) is 4.50. The molecule has 0 aromatic heterocycles. The van der Waals surface area contributed by atoms with Crippen molar-refractivity contribution in [3.8, 4) is 5.75 Å². The molecule has 1 aliphatic heterocycles. The fourth-order valence-electron chi connectivity index (χ4n) is 1.91. The minimum atomic E-state index is -4.73. The number of amides is 2. The van der Waals surface area contributed by atoms with Crippen LogP contribution in [-0.2, 0) is 0 Å². The molecular formula is C12H14F3N3O2.